The first-order valence-corrected chi connectivity index (χ1v) is 10.3. The number of aliphatic hydroxyl groups excluding tert-OH is 3. The van der Waals surface area contributed by atoms with Gasteiger partial charge in [-0.1, -0.05) is 0 Å². The molecule has 3 unspecified atom stereocenters. The highest BCUT2D eigenvalue weighted by atomic mass is 16.6. The topological polar surface area (TPSA) is 178 Å². The summed E-state index contributed by atoms with van der Waals surface area (Å²) in [5.74, 6) is -2.21. The van der Waals surface area contributed by atoms with Crippen LogP contribution >= 0.6 is 0 Å². The highest BCUT2D eigenvalue weighted by molar-refractivity contribution is 6.01. The SMILES string of the molecule is CC(C)(C)OC(=O)C(O)C(=O)CCCC#N.CC(C)(C)OC(=O)C(O)CCCC(O)C#N. The van der Waals surface area contributed by atoms with Crippen molar-refractivity contribution in [1.29, 1.82) is 10.5 Å². The normalized spacial score (nSPS) is 13.8. The van der Waals surface area contributed by atoms with Gasteiger partial charge in [-0.05, 0) is 67.2 Å². The van der Waals surface area contributed by atoms with E-state index in [4.69, 9.17) is 25.1 Å². The van der Waals surface area contributed by atoms with E-state index in [1.807, 2.05) is 6.07 Å². The molecule has 0 saturated carbocycles. The summed E-state index contributed by atoms with van der Waals surface area (Å²) in [5.41, 5.74) is -1.35. The van der Waals surface area contributed by atoms with Crippen molar-refractivity contribution < 1.29 is 39.2 Å². The second-order valence-electron chi connectivity index (χ2n) is 9.04. The maximum Gasteiger partial charge on any atom is 0.343 e. The number of ketones is 1. The summed E-state index contributed by atoms with van der Waals surface area (Å²) in [6.07, 6.45) is -2.55. The van der Waals surface area contributed by atoms with E-state index in [0.717, 1.165) is 0 Å². The van der Waals surface area contributed by atoms with Crippen LogP contribution < -0.4 is 0 Å². The average molecular weight is 457 g/mol. The maximum absolute atomic E-state index is 11.3. The van der Waals surface area contributed by atoms with Crippen molar-refractivity contribution in [3.63, 3.8) is 0 Å². The molecule has 0 amide bonds. The summed E-state index contributed by atoms with van der Waals surface area (Å²) in [6.45, 7) is 10.1. The van der Waals surface area contributed by atoms with Gasteiger partial charge < -0.3 is 24.8 Å². The van der Waals surface area contributed by atoms with E-state index < -0.39 is 47.2 Å². The number of hydrogen-bond acceptors (Lipinski definition) is 10. The highest BCUT2D eigenvalue weighted by Gasteiger charge is 2.28. The highest BCUT2D eigenvalue weighted by Crippen LogP contribution is 2.12. The lowest BCUT2D eigenvalue weighted by molar-refractivity contribution is -0.168. The van der Waals surface area contributed by atoms with Crippen molar-refractivity contribution >= 4 is 17.7 Å². The Labute approximate surface area is 189 Å². The van der Waals surface area contributed by atoms with Crippen LogP contribution in [0.15, 0.2) is 0 Å². The molecule has 0 heterocycles. The molecule has 0 bridgehead atoms. The van der Waals surface area contributed by atoms with Crippen LogP contribution in [0.5, 0.6) is 0 Å². The van der Waals surface area contributed by atoms with Gasteiger partial charge in [0.2, 0.25) is 6.10 Å². The molecule has 0 fully saturated rings. The van der Waals surface area contributed by atoms with Crippen LogP contribution in [0.3, 0.4) is 0 Å². The van der Waals surface area contributed by atoms with E-state index in [1.165, 1.54) is 0 Å². The second kappa shape index (κ2) is 15.3. The van der Waals surface area contributed by atoms with Crippen LogP contribution in [0.1, 0.15) is 80.1 Å². The van der Waals surface area contributed by atoms with Crippen LogP contribution in [-0.4, -0.2) is 62.6 Å². The fourth-order valence-corrected chi connectivity index (χ4v) is 2.02. The van der Waals surface area contributed by atoms with Crippen molar-refractivity contribution in [1.82, 2.24) is 0 Å². The first-order valence-electron chi connectivity index (χ1n) is 10.3. The number of Topliss-reactive ketones (excluding diaryl/α,β-unsaturated/α-hetero) is 1. The molecule has 0 rings (SSSR count). The monoisotopic (exact) mass is 456 g/mol. The minimum Gasteiger partial charge on any atom is -0.458 e. The van der Waals surface area contributed by atoms with Crippen molar-refractivity contribution in [2.24, 2.45) is 0 Å². The van der Waals surface area contributed by atoms with E-state index in [2.05, 4.69) is 0 Å². The molecule has 0 aromatic heterocycles. The lowest BCUT2D eigenvalue weighted by atomic mass is 10.1. The van der Waals surface area contributed by atoms with Crippen molar-refractivity contribution in [2.45, 2.75) is 110 Å². The zero-order valence-corrected chi connectivity index (χ0v) is 19.8. The Kier molecular flexibility index (Phi) is 15.1. The molecular formula is C22H36N2O8. The van der Waals surface area contributed by atoms with Gasteiger partial charge in [-0.2, -0.15) is 10.5 Å². The molecule has 10 heteroatoms. The van der Waals surface area contributed by atoms with Crippen LogP contribution in [-0.2, 0) is 23.9 Å². The number of carbonyl (C=O) groups is 3. The number of rotatable bonds is 10. The molecule has 0 spiro atoms. The van der Waals surface area contributed by atoms with Crippen LogP contribution in [0, 0.1) is 22.7 Å². The second-order valence-corrected chi connectivity index (χ2v) is 9.04. The summed E-state index contributed by atoms with van der Waals surface area (Å²) >= 11 is 0. The minimum absolute atomic E-state index is 0.00791. The molecule has 0 aromatic carbocycles. The molecule has 3 atom stereocenters. The third kappa shape index (κ3) is 18.3. The number of hydrogen-bond donors (Lipinski definition) is 3. The number of unbranched alkanes of at least 4 members (excludes halogenated alkanes) is 1. The molecule has 3 N–H and O–H groups in total. The Morgan fingerprint density at radius 3 is 1.78 bits per heavy atom. The van der Waals surface area contributed by atoms with E-state index in [-0.39, 0.29) is 25.7 Å². The third-order valence-corrected chi connectivity index (χ3v) is 3.43. The van der Waals surface area contributed by atoms with Crippen molar-refractivity contribution in [2.75, 3.05) is 0 Å². The first kappa shape index (κ1) is 31.7. The summed E-state index contributed by atoms with van der Waals surface area (Å²) in [6, 6.07) is 3.54. The predicted molar refractivity (Wildman–Crippen MR) is 114 cm³/mol. The lowest BCUT2D eigenvalue weighted by Crippen LogP contribution is -2.36. The summed E-state index contributed by atoms with van der Waals surface area (Å²) in [4.78, 5) is 33.9. The smallest absolute Gasteiger partial charge is 0.343 e. The number of aliphatic hydroxyl groups is 3. The number of ether oxygens (including phenoxy) is 2. The van der Waals surface area contributed by atoms with E-state index >= 15 is 0 Å². The Morgan fingerprint density at radius 1 is 0.844 bits per heavy atom. The molecule has 0 aromatic rings. The molecule has 0 saturated heterocycles. The van der Waals surface area contributed by atoms with Crippen LogP contribution in [0.4, 0.5) is 0 Å². The molecule has 10 nitrogen and oxygen atoms in total. The Hall–Kier alpha value is -2.53. The molecule has 0 aliphatic carbocycles. The molecule has 182 valence electrons. The van der Waals surface area contributed by atoms with Gasteiger partial charge in [0.25, 0.3) is 0 Å². The number of nitrogens with zero attached hydrogens (tertiary/aromatic N) is 2. The van der Waals surface area contributed by atoms with Gasteiger partial charge in [0.15, 0.2) is 11.9 Å². The molecule has 0 aliphatic heterocycles. The zero-order valence-electron chi connectivity index (χ0n) is 19.8. The third-order valence-electron chi connectivity index (χ3n) is 3.43. The Morgan fingerprint density at radius 2 is 1.34 bits per heavy atom. The van der Waals surface area contributed by atoms with Gasteiger partial charge in [0.1, 0.15) is 17.3 Å². The maximum atomic E-state index is 11.3. The van der Waals surface area contributed by atoms with E-state index in [0.29, 0.717) is 12.8 Å². The van der Waals surface area contributed by atoms with Crippen LogP contribution in [0.2, 0.25) is 0 Å². The van der Waals surface area contributed by atoms with Gasteiger partial charge in [-0.3, -0.25) is 4.79 Å². The summed E-state index contributed by atoms with van der Waals surface area (Å²) < 4.78 is 9.82. The van der Waals surface area contributed by atoms with Gasteiger partial charge in [0.05, 0.1) is 12.1 Å². The molecule has 0 aliphatic rings. The fourth-order valence-electron chi connectivity index (χ4n) is 2.02. The summed E-state index contributed by atoms with van der Waals surface area (Å²) in [5, 5.41) is 44.3. The molecular weight excluding hydrogens is 420 g/mol. The van der Waals surface area contributed by atoms with E-state index in [1.54, 1.807) is 47.6 Å². The van der Waals surface area contributed by atoms with E-state index in [9.17, 15) is 24.6 Å². The predicted octanol–water partition coefficient (Wildman–Crippen LogP) is 1.70. The zero-order chi connectivity index (χ0) is 25.5. The number of carbonyl (C=O) groups excluding carboxylic acids is 3. The average Bonchev–Trinajstić information content (AvgIpc) is 2.64. The molecule has 32 heavy (non-hydrogen) atoms. The largest absolute Gasteiger partial charge is 0.458 e. The Balaban J connectivity index is 0. The van der Waals surface area contributed by atoms with Gasteiger partial charge in [-0.25, -0.2) is 9.59 Å². The van der Waals surface area contributed by atoms with Crippen LogP contribution in [0.25, 0.3) is 0 Å². The molecule has 0 radical (unpaired) electrons. The quantitative estimate of drug-likeness (QED) is 0.189. The standard InChI is InChI=1S/C11H19NO4.C11H17NO4/c1-11(2,3)16-10(15)9(14)6-4-5-8(13)7-12;1-11(2,3)16-10(15)9(14)8(13)6-4-5-7-12/h8-9,13-14H,4-6H2,1-3H3;9,14H,4-6H2,1-3H3. The summed E-state index contributed by atoms with van der Waals surface area (Å²) in [7, 11) is 0. The first-order chi connectivity index (χ1) is 14.5. The fraction of sp³-hybridized carbons (Fsp3) is 0.773. The van der Waals surface area contributed by atoms with Gasteiger partial charge >= 0.3 is 11.9 Å². The van der Waals surface area contributed by atoms with Gasteiger partial charge in [0, 0.05) is 12.8 Å². The van der Waals surface area contributed by atoms with Gasteiger partial charge in [-0.15, -0.1) is 0 Å². The van der Waals surface area contributed by atoms with Crippen molar-refractivity contribution in [3.05, 3.63) is 0 Å². The number of esters is 2. The lowest BCUT2D eigenvalue weighted by Gasteiger charge is -2.21. The minimum atomic E-state index is -1.74. The van der Waals surface area contributed by atoms with Crippen molar-refractivity contribution in [3.8, 4) is 12.1 Å². The Bertz CT molecular complexity index is 680. The number of nitriles is 2.